The van der Waals surface area contributed by atoms with Crippen LogP contribution in [-0.2, 0) is 0 Å². The number of benzene rings is 4. The Morgan fingerprint density at radius 2 is 1.63 bits per heavy atom. The first-order valence-corrected chi connectivity index (χ1v) is 14.4. The first-order chi connectivity index (χ1) is 20.7. The average Bonchev–Trinajstić information content (AvgIpc) is 3.38. The number of fused-ring (bicyclic) bond motifs is 3. The lowest BCUT2D eigenvalue weighted by Gasteiger charge is -2.32. The Morgan fingerprint density at radius 1 is 0.884 bits per heavy atom. The van der Waals surface area contributed by atoms with Crippen LogP contribution in [0, 0.1) is 6.92 Å². The van der Waals surface area contributed by atoms with Gasteiger partial charge in [0.1, 0.15) is 0 Å². The van der Waals surface area contributed by atoms with E-state index in [1.54, 1.807) is 30.3 Å². The number of nitrogens with two attached hydrogens (primary N) is 1. The molecule has 0 radical (unpaired) electrons. The summed E-state index contributed by atoms with van der Waals surface area (Å²) in [4.78, 5) is 46.0. The van der Waals surface area contributed by atoms with Gasteiger partial charge in [0.15, 0.2) is 0 Å². The van der Waals surface area contributed by atoms with Crippen molar-refractivity contribution in [3.8, 4) is 11.1 Å². The molecule has 218 valence electrons. The van der Waals surface area contributed by atoms with Gasteiger partial charge in [-0.2, -0.15) is 0 Å². The lowest BCUT2D eigenvalue weighted by Crippen LogP contribution is -2.47. The second kappa shape index (κ2) is 11.4. The Labute approximate surface area is 253 Å². The normalized spacial score (nSPS) is 13.8. The smallest absolute Gasteiger partial charge is 0.323 e. The maximum atomic E-state index is 13.3. The Balaban J connectivity index is 1.39. The van der Waals surface area contributed by atoms with E-state index in [1.165, 1.54) is 0 Å². The molecule has 4 amide bonds. The van der Waals surface area contributed by atoms with Crippen LogP contribution in [0.15, 0.2) is 72.8 Å². The molecule has 43 heavy (non-hydrogen) atoms. The number of hydrogen-bond acceptors (Lipinski definition) is 4. The molecule has 1 aromatic heterocycles. The van der Waals surface area contributed by atoms with Crippen molar-refractivity contribution in [1.82, 2.24) is 14.8 Å². The topological polar surface area (TPSA) is 124 Å². The van der Waals surface area contributed by atoms with Crippen LogP contribution in [0.2, 0.25) is 5.02 Å². The highest BCUT2D eigenvalue weighted by Crippen LogP contribution is 2.39. The maximum Gasteiger partial charge on any atom is 0.323 e. The number of amides is 4. The minimum absolute atomic E-state index is 0.0181. The van der Waals surface area contributed by atoms with Crippen LogP contribution in [-0.4, -0.2) is 65.9 Å². The lowest BCUT2D eigenvalue weighted by atomic mass is 9.93. The number of aromatic nitrogens is 1. The van der Waals surface area contributed by atoms with Crippen LogP contribution in [0.4, 0.5) is 16.2 Å². The van der Waals surface area contributed by atoms with Gasteiger partial charge in [-0.05, 0) is 79.2 Å². The van der Waals surface area contributed by atoms with E-state index in [9.17, 15) is 14.4 Å². The fourth-order valence-corrected chi connectivity index (χ4v) is 5.77. The number of carbonyl (C=O) groups is 3. The van der Waals surface area contributed by atoms with E-state index < -0.39 is 5.91 Å². The van der Waals surface area contributed by atoms with E-state index >= 15 is 0 Å². The zero-order valence-corrected chi connectivity index (χ0v) is 24.6. The molecule has 4 aromatic carbocycles. The summed E-state index contributed by atoms with van der Waals surface area (Å²) in [6.07, 6.45) is 0. The molecule has 2 heterocycles. The second-order valence-electron chi connectivity index (χ2n) is 10.8. The highest BCUT2D eigenvalue weighted by molar-refractivity contribution is 6.30. The molecule has 0 unspecified atom stereocenters. The van der Waals surface area contributed by atoms with E-state index in [0.29, 0.717) is 46.1 Å². The number of rotatable bonds is 5. The van der Waals surface area contributed by atoms with Gasteiger partial charge in [-0.25, -0.2) is 4.79 Å². The van der Waals surface area contributed by atoms with Gasteiger partial charge < -0.3 is 31.2 Å². The molecule has 0 saturated carbocycles. The molecule has 1 saturated heterocycles. The molecular formula is C33H31ClN6O3. The number of halogens is 1. The number of aromatic amines is 1. The number of likely N-dealkylation sites (N-methyl/N-ethyl adjacent to an activating group) is 1. The van der Waals surface area contributed by atoms with Gasteiger partial charge in [0.25, 0.3) is 11.8 Å². The summed E-state index contributed by atoms with van der Waals surface area (Å²) in [7, 11) is 2.05. The highest BCUT2D eigenvalue weighted by atomic mass is 35.5. The number of primary amides is 1. The standard InChI is InChI=1S/C33H31ClN6O3/c1-19-23(4-3-5-27(19)38-33(43)36-22-9-7-21(34)8-10-22)24-12-13-26(31(35)41)30-29(24)25-11-6-20(18-28(25)37-30)32(42)40-16-14-39(2)15-17-40/h3-13,18,37H,14-17H2,1-2H3,(H2,35,41)(H2,36,38,43). The molecule has 10 heteroatoms. The summed E-state index contributed by atoms with van der Waals surface area (Å²) in [5.41, 5.74) is 11.9. The van der Waals surface area contributed by atoms with Gasteiger partial charge in [0, 0.05) is 64.4 Å². The van der Waals surface area contributed by atoms with Gasteiger partial charge in [0.05, 0.1) is 11.1 Å². The number of urea groups is 1. The van der Waals surface area contributed by atoms with Crippen molar-refractivity contribution in [2.75, 3.05) is 43.9 Å². The van der Waals surface area contributed by atoms with E-state index in [0.717, 1.165) is 46.1 Å². The first kappa shape index (κ1) is 28.3. The fraction of sp³-hybridized carbons (Fsp3) is 0.182. The number of H-pyrrole nitrogens is 1. The van der Waals surface area contributed by atoms with Crippen LogP contribution in [0.3, 0.4) is 0 Å². The number of nitrogens with one attached hydrogen (secondary N) is 3. The third kappa shape index (κ3) is 5.52. The SMILES string of the molecule is Cc1c(NC(=O)Nc2ccc(Cl)cc2)cccc1-c1ccc(C(N)=O)c2[nH]c3cc(C(=O)N4CCN(C)CC4)ccc3c12. The van der Waals surface area contributed by atoms with Gasteiger partial charge >= 0.3 is 6.03 Å². The van der Waals surface area contributed by atoms with E-state index in [1.807, 2.05) is 54.3 Å². The molecule has 0 spiro atoms. The van der Waals surface area contributed by atoms with Crippen LogP contribution in [0.25, 0.3) is 32.9 Å². The minimum Gasteiger partial charge on any atom is -0.366 e. The van der Waals surface area contributed by atoms with E-state index in [-0.39, 0.29) is 11.9 Å². The largest absolute Gasteiger partial charge is 0.366 e. The number of nitrogens with zero attached hydrogens (tertiary/aromatic N) is 2. The van der Waals surface area contributed by atoms with Crippen LogP contribution < -0.4 is 16.4 Å². The zero-order valence-electron chi connectivity index (χ0n) is 23.8. The molecule has 0 bridgehead atoms. The van der Waals surface area contributed by atoms with Gasteiger partial charge in [-0.15, -0.1) is 0 Å². The third-order valence-corrected chi connectivity index (χ3v) is 8.28. The van der Waals surface area contributed by atoms with E-state index in [4.69, 9.17) is 17.3 Å². The average molecular weight is 595 g/mol. The molecule has 1 aliphatic heterocycles. The molecule has 5 N–H and O–H groups in total. The molecule has 6 rings (SSSR count). The van der Waals surface area contributed by atoms with Crippen LogP contribution >= 0.6 is 11.6 Å². The Hall–Kier alpha value is -4.86. The predicted molar refractivity (Wildman–Crippen MR) is 172 cm³/mol. The molecule has 5 aromatic rings. The lowest BCUT2D eigenvalue weighted by molar-refractivity contribution is 0.0664. The maximum absolute atomic E-state index is 13.3. The number of carbonyl (C=O) groups excluding carboxylic acids is 3. The number of anilines is 2. The molecule has 0 atom stereocenters. The molecular weight excluding hydrogens is 564 g/mol. The van der Waals surface area contributed by atoms with Crippen molar-refractivity contribution in [2.24, 2.45) is 5.73 Å². The van der Waals surface area contributed by atoms with Gasteiger partial charge in [0.2, 0.25) is 0 Å². The van der Waals surface area contributed by atoms with Crippen molar-refractivity contribution in [3.63, 3.8) is 0 Å². The van der Waals surface area contributed by atoms with E-state index in [2.05, 4.69) is 27.6 Å². The van der Waals surface area contributed by atoms with Crippen LogP contribution in [0.1, 0.15) is 26.3 Å². The summed E-state index contributed by atoms with van der Waals surface area (Å²) in [6.45, 7) is 4.96. The summed E-state index contributed by atoms with van der Waals surface area (Å²) in [5, 5.41) is 8.01. The number of hydrogen-bond donors (Lipinski definition) is 4. The summed E-state index contributed by atoms with van der Waals surface area (Å²) >= 11 is 5.95. The van der Waals surface area contributed by atoms with Gasteiger partial charge in [-0.1, -0.05) is 35.9 Å². The second-order valence-corrected chi connectivity index (χ2v) is 11.3. The molecule has 9 nitrogen and oxygen atoms in total. The zero-order chi connectivity index (χ0) is 30.2. The van der Waals surface area contributed by atoms with Crippen molar-refractivity contribution >= 4 is 62.6 Å². The molecule has 0 aliphatic carbocycles. The first-order valence-electron chi connectivity index (χ1n) is 14.0. The fourth-order valence-electron chi connectivity index (χ4n) is 5.65. The van der Waals surface area contributed by atoms with Crippen molar-refractivity contribution < 1.29 is 14.4 Å². The van der Waals surface area contributed by atoms with Gasteiger partial charge in [-0.3, -0.25) is 9.59 Å². The Morgan fingerprint density at radius 3 is 2.35 bits per heavy atom. The van der Waals surface area contributed by atoms with Crippen LogP contribution in [0.5, 0.6) is 0 Å². The predicted octanol–water partition coefficient (Wildman–Crippen LogP) is 6.08. The van der Waals surface area contributed by atoms with Crippen molar-refractivity contribution in [2.45, 2.75) is 6.92 Å². The monoisotopic (exact) mass is 594 g/mol. The highest BCUT2D eigenvalue weighted by Gasteiger charge is 2.23. The third-order valence-electron chi connectivity index (χ3n) is 8.03. The molecule has 1 aliphatic rings. The van der Waals surface area contributed by atoms with Crippen molar-refractivity contribution in [1.29, 1.82) is 0 Å². The Bertz CT molecular complexity index is 1890. The quantitative estimate of drug-likeness (QED) is 0.197. The molecule has 1 fully saturated rings. The minimum atomic E-state index is -0.553. The summed E-state index contributed by atoms with van der Waals surface area (Å²) in [5.74, 6) is -0.571. The summed E-state index contributed by atoms with van der Waals surface area (Å²) < 4.78 is 0. The summed E-state index contributed by atoms with van der Waals surface area (Å²) in [6, 6.07) is 21.3. The van der Waals surface area contributed by atoms with Crippen molar-refractivity contribution in [3.05, 3.63) is 94.5 Å². The number of piperazine rings is 1. The Kier molecular flexibility index (Phi) is 7.52.